The first-order valence-corrected chi connectivity index (χ1v) is 15.8. The van der Waals surface area contributed by atoms with Gasteiger partial charge in [-0.05, 0) is 59.4 Å². The summed E-state index contributed by atoms with van der Waals surface area (Å²) in [4.78, 5) is 20.1. The van der Waals surface area contributed by atoms with Crippen molar-refractivity contribution in [2.75, 3.05) is 0 Å². The van der Waals surface area contributed by atoms with Crippen molar-refractivity contribution >= 4 is 57.2 Å². The SMILES string of the molecule is O=c1c(=Cc2cn(Cc3ccc(Cl)cc3Cl)c3ccccc23)sc2n1C(c1ccccc1)C1=C(N=2)c2ccccc2CC1. The normalized spacial score (nSPS) is 16.1. The van der Waals surface area contributed by atoms with Gasteiger partial charge in [-0.3, -0.25) is 9.36 Å². The number of rotatable bonds is 4. The number of benzene rings is 4. The third-order valence-electron chi connectivity index (χ3n) is 8.45. The zero-order chi connectivity index (χ0) is 29.1. The van der Waals surface area contributed by atoms with E-state index in [-0.39, 0.29) is 11.6 Å². The minimum Gasteiger partial charge on any atom is -0.342 e. The molecule has 0 amide bonds. The number of thiazole rings is 1. The van der Waals surface area contributed by atoms with E-state index in [0.717, 1.165) is 50.9 Å². The summed E-state index contributed by atoms with van der Waals surface area (Å²) in [7, 11) is 0. The number of allylic oxidation sites excluding steroid dienone is 1. The fourth-order valence-corrected chi connectivity index (χ4v) is 7.91. The van der Waals surface area contributed by atoms with Crippen LogP contribution < -0.4 is 14.9 Å². The maximum Gasteiger partial charge on any atom is 0.271 e. The number of aromatic nitrogens is 2. The highest BCUT2D eigenvalue weighted by molar-refractivity contribution is 7.07. The number of hydrogen-bond donors (Lipinski definition) is 0. The molecule has 0 saturated heterocycles. The molecule has 210 valence electrons. The van der Waals surface area contributed by atoms with Crippen LogP contribution in [0.25, 0.3) is 22.7 Å². The molecular formula is C36H25Cl2N3OS. The molecule has 6 aromatic rings. The summed E-state index contributed by atoms with van der Waals surface area (Å²) in [5.41, 5.74) is 8.83. The Labute approximate surface area is 262 Å². The van der Waals surface area contributed by atoms with Gasteiger partial charge in [0.25, 0.3) is 5.56 Å². The van der Waals surface area contributed by atoms with E-state index in [4.69, 9.17) is 28.2 Å². The van der Waals surface area contributed by atoms with Crippen LogP contribution in [0.2, 0.25) is 10.0 Å². The Bertz CT molecular complexity index is 2280. The Morgan fingerprint density at radius 1 is 0.907 bits per heavy atom. The van der Waals surface area contributed by atoms with E-state index in [9.17, 15) is 4.79 Å². The summed E-state index contributed by atoms with van der Waals surface area (Å²) >= 11 is 14.1. The molecule has 0 N–H and O–H groups in total. The van der Waals surface area contributed by atoms with E-state index in [1.807, 2.05) is 53.1 Å². The molecule has 1 unspecified atom stereocenters. The molecule has 43 heavy (non-hydrogen) atoms. The molecule has 0 fully saturated rings. The molecule has 4 nitrogen and oxygen atoms in total. The standard InChI is InChI=1S/C36H25Cl2N3OS/c37-26-16-14-24(30(38)19-26)20-40-21-25(27-11-6-7-13-31(27)40)18-32-35(42)41-34(23-9-2-1-3-10-23)29-17-15-22-8-4-5-12-28(22)33(29)39-36(41)43-32/h1-14,16,18-19,21,34H,15,17,20H2. The van der Waals surface area contributed by atoms with Gasteiger partial charge in [-0.1, -0.05) is 113 Å². The summed E-state index contributed by atoms with van der Waals surface area (Å²) in [5, 5.41) is 2.32. The van der Waals surface area contributed by atoms with Gasteiger partial charge in [0.2, 0.25) is 0 Å². The lowest BCUT2D eigenvalue weighted by atomic mass is 9.83. The highest BCUT2D eigenvalue weighted by atomic mass is 35.5. The first-order valence-electron chi connectivity index (χ1n) is 14.2. The van der Waals surface area contributed by atoms with Gasteiger partial charge in [-0.15, -0.1) is 0 Å². The highest BCUT2D eigenvalue weighted by Crippen LogP contribution is 2.41. The summed E-state index contributed by atoms with van der Waals surface area (Å²) in [6.07, 6.45) is 5.93. The molecule has 2 aliphatic rings. The molecule has 3 heterocycles. The van der Waals surface area contributed by atoms with Gasteiger partial charge in [0.15, 0.2) is 4.80 Å². The second kappa shape index (κ2) is 10.5. The van der Waals surface area contributed by atoms with E-state index in [1.54, 1.807) is 6.07 Å². The zero-order valence-electron chi connectivity index (χ0n) is 23.0. The second-order valence-corrected chi connectivity index (χ2v) is 12.8. The Hall–Kier alpha value is -4.16. The first-order chi connectivity index (χ1) is 21.0. The van der Waals surface area contributed by atoms with Crippen molar-refractivity contribution in [3.05, 3.63) is 166 Å². The molecule has 0 spiro atoms. The number of para-hydroxylation sites is 1. The molecule has 0 saturated carbocycles. The lowest BCUT2D eigenvalue weighted by Crippen LogP contribution is -2.38. The minimum absolute atomic E-state index is 0.0133. The number of hydrogen-bond acceptors (Lipinski definition) is 3. The van der Waals surface area contributed by atoms with Crippen molar-refractivity contribution in [3.8, 4) is 0 Å². The van der Waals surface area contributed by atoms with Crippen molar-refractivity contribution < 1.29 is 0 Å². The number of aryl methyl sites for hydroxylation is 1. The monoisotopic (exact) mass is 617 g/mol. The van der Waals surface area contributed by atoms with E-state index in [2.05, 4.69) is 59.3 Å². The predicted octanol–water partition coefficient (Wildman–Crippen LogP) is 7.63. The van der Waals surface area contributed by atoms with Crippen LogP contribution in [-0.2, 0) is 13.0 Å². The number of nitrogens with zero attached hydrogens (tertiary/aromatic N) is 3. The average Bonchev–Trinajstić information content (AvgIpc) is 3.54. The van der Waals surface area contributed by atoms with Crippen LogP contribution in [0, 0.1) is 0 Å². The summed E-state index contributed by atoms with van der Waals surface area (Å²) < 4.78 is 4.75. The van der Waals surface area contributed by atoms with Gasteiger partial charge in [-0.2, -0.15) is 0 Å². The van der Waals surface area contributed by atoms with Crippen LogP contribution in [0.4, 0.5) is 0 Å². The second-order valence-electron chi connectivity index (χ2n) is 11.0. The van der Waals surface area contributed by atoms with Gasteiger partial charge < -0.3 is 4.57 Å². The molecule has 4 aromatic carbocycles. The quantitative estimate of drug-likeness (QED) is 0.200. The van der Waals surface area contributed by atoms with Crippen LogP contribution in [0.5, 0.6) is 0 Å². The van der Waals surface area contributed by atoms with Crippen molar-refractivity contribution in [2.24, 2.45) is 4.99 Å². The third-order valence-corrected chi connectivity index (χ3v) is 10.0. The smallest absolute Gasteiger partial charge is 0.271 e. The van der Waals surface area contributed by atoms with Gasteiger partial charge >= 0.3 is 0 Å². The van der Waals surface area contributed by atoms with Crippen LogP contribution in [0.3, 0.4) is 0 Å². The lowest BCUT2D eigenvalue weighted by Gasteiger charge is -2.30. The molecular weight excluding hydrogens is 593 g/mol. The fraction of sp³-hybridized carbons (Fsp3) is 0.111. The largest absolute Gasteiger partial charge is 0.342 e. The van der Waals surface area contributed by atoms with Crippen molar-refractivity contribution in [1.82, 2.24) is 9.13 Å². The Balaban J connectivity index is 1.31. The van der Waals surface area contributed by atoms with Crippen molar-refractivity contribution in [3.63, 3.8) is 0 Å². The van der Waals surface area contributed by atoms with Crippen molar-refractivity contribution in [2.45, 2.75) is 25.4 Å². The highest BCUT2D eigenvalue weighted by Gasteiger charge is 2.32. The molecule has 2 aromatic heterocycles. The van der Waals surface area contributed by atoms with Crippen LogP contribution in [0.1, 0.15) is 40.3 Å². The molecule has 1 atom stereocenters. The Kier molecular flexibility index (Phi) is 6.48. The number of halogens is 2. The topological polar surface area (TPSA) is 39.3 Å². The van der Waals surface area contributed by atoms with Gasteiger partial charge in [0, 0.05) is 44.8 Å². The van der Waals surface area contributed by atoms with Crippen LogP contribution >= 0.6 is 34.5 Å². The molecule has 1 aliphatic heterocycles. The van der Waals surface area contributed by atoms with E-state index in [0.29, 0.717) is 21.1 Å². The van der Waals surface area contributed by atoms with Gasteiger partial charge in [0.05, 0.1) is 16.3 Å². The lowest BCUT2D eigenvalue weighted by molar-refractivity contribution is 0.585. The molecule has 7 heteroatoms. The van der Waals surface area contributed by atoms with Crippen LogP contribution in [-0.4, -0.2) is 9.13 Å². The zero-order valence-corrected chi connectivity index (χ0v) is 25.3. The third kappa shape index (κ3) is 4.51. The van der Waals surface area contributed by atoms with Gasteiger partial charge in [-0.25, -0.2) is 4.99 Å². The predicted molar refractivity (Wildman–Crippen MR) is 177 cm³/mol. The van der Waals surface area contributed by atoms with Crippen LogP contribution in [0.15, 0.2) is 119 Å². The minimum atomic E-state index is -0.184. The summed E-state index contributed by atoms with van der Waals surface area (Å²) in [6, 6.07) is 32.5. The maximum atomic E-state index is 14.3. The fourth-order valence-electron chi connectivity index (χ4n) is 6.45. The average molecular weight is 619 g/mol. The first kappa shape index (κ1) is 26.5. The van der Waals surface area contributed by atoms with Gasteiger partial charge in [0.1, 0.15) is 0 Å². The molecule has 8 rings (SSSR count). The van der Waals surface area contributed by atoms with E-state index >= 15 is 0 Å². The molecule has 0 bridgehead atoms. The Morgan fingerprint density at radius 3 is 2.56 bits per heavy atom. The van der Waals surface area contributed by atoms with E-state index < -0.39 is 0 Å². The molecule has 1 aliphatic carbocycles. The Morgan fingerprint density at radius 2 is 1.70 bits per heavy atom. The van der Waals surface area contributed by atoms with Crippen molar-refractivity contribution in [1.29, 1.82) is 0 Å². The number of fused-ring (bicyclic) bond motifs is 4. The van der Waals surface area contributed by atoms with E-state index in [1.165, 1.54) is 28.0 Å². The summed E-state index contributed by atoms with van der Waals surface area (Å²) in [6.45, 7) is 0.589. The molecule has 0 radical (unpaired) electrons. The summed E-state index contributed by atoms with van der Waals surface area (Å²) in [5.74, 6) is 0. The maximum absolute atomic E-state index is 14.3.